The predicted octanol–water partition coefficient (Wildman–Crippen LogP) is 4.22. The highest BCUT2D eigenvalue weighted by Crippen LogP contribution is 2.37. The monoisotopic (exact) mass is 393 g/mol. The topological polar surface area (TPSA) is 97.7 Å². The number of fused-ring (bicyclic) bond motifs is 1. The van der Waals surface area contributed by atoms with Crippen molar-refractivity contribution in [3.63, 3.8) is 0 Å². The molecule has 8 heteroatoms. The number of hydrogen-bond donors (Lipinski definition) is 1. The molecule has 0 spiro atoms. The molecule has 0 unspecified atom stereocenters. The Kier molecular flexibility index (Phi) is 4.40. The lowest BCUT2D eigenvalue weighted by atomic mass is 10.0. The van der Waals surface area contributed by atoms with Crippen LogP contribution in [-0.2, 0) is 6.54 Å². The first-order valence-corrected chi connectivity index (χ1v) is 9.28. The maximum Gasteiger partial charge on any atom is 0.310 e. The van der Waals surface area contributed by atoms with Crippen LogP contribution < -0.4 is 4.87 Å². The quantitative estimate of drug-likeness (QED) is 0.530. The lowest BCUT2D eigenvalue weighted by molar-refractivity contribution is -0.384. The van der Waals surface area contributed by atoms with Crippen molar-refractivity contribution >= 4 is 40.1 Å². The summed E-state index contributed by atoms with van der Waals surface area (Å²) < 4.78 is 1.21. The fourth-order valence-corrected chi connectivity index (χ4v) is 3.97. The highest BCUT2D eigenvalue weighted by Gasteiger charge is 2.20. The Hall–Kier alpha value is -3.52. The lowest BCUT2D eigenvalue weighted by Gasteiger charge is -2.05. The Balaban J connectivity index is 1.71. The zero-order valence-corrected chi connectivity index (χ0v) is 15.6. The van der Waals surface area contributed by atoms with E-state index in [1.54, 1.807) is 18.2 Å². The van der Waals surface area contributed by atoms with Crippen LogP contribution in [-0.4, -0.2) is 20.3 Å². The summed E-state index contributed by atoms with van der Waals surface area (Å²) in [5, 5.41) is 21.5. The van der Waals surface area contributed by atoms with Gasteiger partial charge in [0, 0.05) is 29.0 Å². The molecule has 0 bridgehead atoms. The molecule has 0 atom stereocenters. The Morgan fingerprint density at radius 2 is 2.04 bits per heavy atom. The van der Waals surface area contributed by atoms with Gasteiger partial charge in [-0.15, -0.1) is 0 Å². The molecule has 0 aliphatic carbocycles. The van der Waals surface area contributed by atoms with Crippen molar-refractivity contribution in [2.45, 2.75) is 13.5 Å². The van der Waals surface area contributed by atoms with Crippen LogP contribution in [0.2, 0.25) is 0 Å². The van der Waals surface area contributed by atoms with E-state index in [0.717, 1.165) is 33.9 Å². The molecule has 1 aliphatic rings. The highest BCUT2D eigenvalue weighted by atomic mass is 32.1. The number of nitro benzene ring substituents is 1. The summed E-state index contributed by atoms with van der Waals surface area (Å²) in [6.07, 6.45) is 1.76. The number of nitrogens with zero attached hydrogens (tertiary/aromatic N) is 3. The van der Waals surface area contributed by atoms with E-state index >= 15 is 0 Å². The van der Waals surface area contributed by atoms with Crippen LogP contribution >= 0.6 is 11.3 Å². The normalized spacial score (nSPS) is 14.2. The molecule has 0 fully saturated rings. The number of allylic oxidation sites excluding steroid dienone is 1. The standard InChI is InChI=1S/C20H15N3O4S/c1-12-16(15-7-2-3-8-17(15)21-12)10-18-19(24)22(20(25)28-18)11-13-5-4-6-14(9-13)23(26)27/h2-10,24H,11H2,1H3. The number of nitro groups is 1. The molecule has 0 radical (unpaired) electrons. The van der Waals surface area contributed by atoms with Gasteiger partial charge in [0.25, 0.3) is 5.69 Å². The molecule has 0 amide bonds. The number of hydrogen-bond acceptors (Lipinski definition) is 6. The number of rotatable bonds is 4. The maximum atomic E-state index is 12.4. The predicted molar refractivity (Wildman–Crippen MR) is 110 cm³/mol. The summed E-state index contributed by atoms with van der Waals surface area (Å²) >= 11 is 0.926. The number of aromatic hydroxyl groups is 1. The fraction of sp³-hybridized carbons (Fsp3) is 0.100. The van der Waals surface area contributed by atoms with Crippen LogP contribution in [0.15, 0.2) is 58.3 Å². The van der Waals surface area contributed by atoms with E-state index in [4.69, 9.17) is 0 Å². The third-order valence-electron chi connectivity index (χ3n) is 4.50. The van der Waals surface area contributed by atoms with Crippen LogP contribution in [0, 0.1) is 10.1 Å². The van der Waals surface area contributed by atoms with E-state index < -0.39 is 4.92 Å². The Labute approximate surface area is 163 Å². The van der Waals surface area contributed by atoms with Crippen molar-refractivity contribution in [2.75, 3.05) is 0 Å². The van der Waals surface area contributed by atoms with E-state index in [-0.39, 0.29) is 23.0 Å². The molecule has 1 aliphatic heterocycles. The molecule has 2 heterocycles. The molecule has 2 aromatic carbocycles. The number of non-ortho nitro benzene ring substituents is 1. The average molecular weight is 393 g/mol. The van der Waals surface area contributed by atoms with Gasteiger partial charge in [-0.2, -0.15) is 0 Å². The zero-order valence-electron chi connectivity index (χ0n) is 14.8. The highest BCUT2D eigenvalue weighted by molar-refractivity contribution is 7.10. The van der Waals surface area contributed by atoms with Crippen LogP contribution in [0.3, 0.4) is 0 Å². The van der Waals surface area contributed by atoms with Gasteiger partial charge in [0.05, 0.1) is 22.0 Å². The number of benzene rings is 2. The van der Waals surface area contributed by atoms with Crippen molar-refractivity contribution in [2.24, 2.45) is 4.99 Å². The second kappa shape index (κ2) is 6.90. The van der Waals surface area contributed by atoms with Crippen molar-refractivity contribution in [3.05, 3.63) is 84.3 Å². The van der Waals surface area contributed by atoms with Gasteiger partial charge in [0.1, 0.15) is 0 Å². The molecule has 0 saturated heterocycles. The average Bonchev–Trinajstić information content (AvgIpc) is 3.13. The first-order chi connectivity index (χ1) is 13.4. The maximum absolute atomic E-state index is 12.4. The van der Waals surface area contributed by atoms with Crippen molar-refractivity contribution < 1.29 is 10.0 Å². The summed E-state index contributed by atoms with van der Waals surface area (Å²) in [6.45, 7) is 1.93. The first kappa shape index (κ1) is 17.9. The van der Waals surface area contributed by atoms with E-state index in [9.17, 15) is 20.0 Å². The van der Waals surface area contributed by atoms with Crippen LogP contribution in [0.1, 0.15) is 22.9 Å². The molecule has 0 saturated carbocycles. The molecule has 7 nitrogen and oxygen atoms in total. The Morgan fingerprint density at radius 1 is 1.25 bits per heavy atom. The van der Waals surface area contributed by atoms with Gasteiger partial charge in [-0.25, -0.2) is 0 Å². The summed E-state index contributed by atoms with van der Waals surface area (Å²) in [5.74, 6) is -0.161. The van der Waals surface area contributed by atoms with Crippen molar-refractivity contribution in [1.29, 1.82) is 0 Å². The minimum Gasteiger partial charge on any atom is -0.493 e. The summed E-state index contributed by atoms with van der Waals surface area (Å²) in [7, 11) is 0. The van der Waals surface area contributed by atoms with E-state index in [0.29, 0.717) is 10.4 Å². The minimum atomic E-state index is -0.491. The van der Waals surface area contributed by atoms with Gasteiger partial charge >= 0.3 is 4.87 Å². The molecular formula is C20H15N3O4S. The SMILES string of the molecule is CC1=Nc2ccccc2C1=Cc1sc(=O)n(Cc2cccc([N+](=O)[O-])c2)c1O. The van der Waals surface area contributed by atoms with Gasteiger partial charge in [-0.3, -0.25) is 24.5 Å². The van der Waals surface area contributed by atoms with Gasteiger partial charge < -0.3 is 5.11 Å². The van der Waals surface area contributed by atoms with E-state index in [1.807, 2.05) is 31.2 Å². The summed E-state index contributed by atoms with van der Waals surface area (Å²) in [4.78, 5) is 27.5. The molecular weight excluding hydrogens is 378 g/mol. The summed E-state index contributed by atoms with van der Waals surface area (Å²) in [6, 6.07) is 13.7. The molecule has 140 valence electrons. The van der Waals surface area contributed by atoms with Crippen molar-refractivity contribution in [1.82, 2.24) is 4.57 Å². The largest absolute Gasteiger partial charge is 0.493 e. The van der Waals surface area contributed by atoms with E-state index in [1.165, 1.54) is 16.7 Å². The van der Waals surface area contributed by atoms with Crippen LogP contribution in [0.4, 0.5) is 11.4 Å². The number of thiazole rings is 1. The van der Waals surface area contributed by atoms with Crippen LogP contribution in [0.25, 0.3) is 11.6 Å². The third-order valence-corrected chi connectivity index (χ3v) is 5.42. The van der Waals surface area contributed by atoms with Gasteiger partial charge in [-0.05, 0) is 24.6 Å². The zero-order chi connectivity index (χ0) is 19.8. The molecule has 28 heavy (non-hydrogen) atoms. The second-order valence-electron chi connectivity index (χ2n) is 6.34. The van der Waals surface area contributed by atoms with Crippen LogP contribution in [0.5, 0.6) is 5.88 Å². The lowest BCUT2D eigenvalue weighted by Crippen LogP contribution is -2.13. The summed E-state index contributed by atoms with van der Waals surface area (Å²) in [5.41, 5.74) is 3.98. The Morgan fingerprint density at radius 3 is 2.82 bits per heavy atom. The second-order valence-corrected chi connectivity index (χ2v) is 7.33. The Bertz CT molecular complexity index is 1220. The number of aliphatic imine (C=N–C) groups is 1. The van der Waals surface area contributed by atoms with Gasteiger partial charge in [0.2, 0.25) is 5.88 Å². The minimum absolute atomic E-state index is 0.0513. The van der Waals surface area contributed by atoms with Crippen molar-refractivity contribution in [3.8, 4) is 5.88 Å². The van der Waals surface area contributed by atoms with Gasteiger partial charge in [-0.1, -0.05) is 41.7 Å². The molecule has 1 N–H and O–H groups in total. The molecule has 4 rings (SSSR count). The smallest absolute Gasteiger partial charge is 0.310 e. The fourth-order valence-electron chi connectivity index (χ4n) is 3.15. The number of aromatic nitrogens is 1. The first-order valence-electron chi connectivity index (χ1n) is 8.47. The molecule has 1 aromatic heterocycles. The number of para-hydroxylation sites is 1. The van der Waals surface area contributed by atoms with E-state index in [2.05, 4.69) is 4.99 Å². The van der Waals surface area contributed by atoms with Gasteiger partial charge in [0.15, 0.2) is 0 Å². The molecule has 3 aromatic rings. The third kappa shape index (κ3) is 3.14.